The van der Waals surface area contributed by atoms with Crippen LogP contribution in [0.3, 0.4) is 0 Å². The SMILES string of the molecule is CC(C)Oc1ccccc1C(NN)c1cccc(F)c1F. The summed E-state index contributed by atoms with van der Waals surface area (Å²) in [5.74, 6) is 4.32. The zero-order chi connectivity index (χ0) is 15.4. The van der Waals surface area contributed by atoms with Crippen LogP contribution in [0.1, 0.15) is 31.0 Å². The van der Waals surface area contributed by atoms with E-state index in [4.69, 9.17) is 10.6 Å². The van der Waals surface area contributed by atoms with Crippen molar-refractivity contribution in [1.82, 2.24) is 5.43 Å². The van der Waals surface area contributed by atoms with Crippen LogP contribution < -0.4 is 16.0 Å². The Hall–Kier alpha value is -1.98. The molecule has 112 valence electrons. The molecule has 2 rings (SSSR count). The molecular weight excluding hydrogens is 274 g/mol. The standard InChI is InChI=1S/C16H18F2N2O/c1-10(2)21-14-9-4-3-6-11(14)16(20-19)12-7-5-8-13(17)15(12)18/h3-10,16,20H,19H2,1-2H3. The first kappa shape index (κ1) is 15.4. The maximum Gasteiger partial charge on any atom is 0.163 e. The van der Waals surface area contributed by atoms with Gasteiger partial charge in [0.2, 0.25) is 0 Å². The summed E-state index contributed by atoms with van der Waals surface area (Å²) >= 11 is 0. The third-order valence-electron chi connectivity index (χ3n) is 3.05. The van der Waals surface area contributed by atoms with Crippen LogP contribution >= 0.6 is 0 Å². The Bertz CT molecular complexity index is 617. The van der Waals surface area contributed by atoms with Gasteiger partial charge in [0.05, 0.1) is 12.1 Å². The van der Waals surface area contributed by atoms with E-state index < -0.39 is 17.7 Å². The summed E-state index contributed by atoms with van der Waals surface area (Å²) in [6.45, 7) is 3.79. The quantitative estimate of drug-likeness (QED) is 0.656. The van der Waals surface area contributed by atoms with Gasteiger partial charge in [-0.1, -0.05) is 30.3 Å². The molecule has 3 nitrogen and oxygen atoms in total. The van der Waals surface area contributed by atoms with Crippen LogP contribution in [0.4, 0.5) is 8.78 Å². The molecular formula is C16H18F2N2O. The van der Waals surface area contributed by atoms with Crippen LogP contribution in [0.5, 0.6) is 5.75 Å². The molecule has 1 atom stereocenters. The predicted molar refractivity (Wildman–Crippen MR) is 77.7 cm³/mol. The van der Waals surface area contributed by atoms with Gasteiger partial charge in [0.15, 0.2) is 11.6 Å². The van der Waals surface area contributed by atoms with Gasteiger partial charge in [-0.05, 0) is 26.0 Å². The number of para-hydroxylation sites is 1. The molecule has 0 amide bonds. The van der Waals surface area contributed by atoms with E-state index in [9.17, 15) is 8.78 Å². The lowest BCUT2D eigenvalue weighted by Crippen LogP contribution is -2.30. The van der Waals surface area contributed by atoms with Crippen molar-refractivity contribution in [1.29, 1.82) is 0 Å². The topological polar surface area (TPSA) is 47.3 Å². The zero-order valence-corrected chi connectivity index (χ0v) is 11.9. The number of rotatable bonds is 5. The minimum Gasteiger partial charge on any atom is -0.491 e. The van der Waals surface area contributed by atoms with Crippen molar-refractivity contribution in [2.75, 3.05) is 0 Å². The molecule has 5 heteroatoms. The maximum absolute atomic E-state index is 14.0. The number of hydrazine groups is 1. The fraction of sp³-hybridized carbons (Fsp3) is 0.250. The Balaban J connectivity index is 2.49. The maximum atomic E-state index is 14.0. The van der Waals surface area contributed by atoms with Crippen LogP contribution in [0.2, 0.25) is 0 Å². The molecule has 0 saturated heterocycles. The summed E-state index contributed by atoms with van der Waals surface area (Å²) in [5.41, 5.74) is 3.32. The third kappa shape index (κ3) is 3.37. The van der Waals surface area contributed by atoms with Crippen molar-refractivity contribution >= 4 is 0 Å². The van der Waals surface area contributed by atoms with Crippen molar-refractivity contribution in [3.8, 4) is 5.75 Å². The van der Waals surface area contributed by atoms with Crippen molar-refractivity contribution in [2.24, 2.45) is 5.84 Å². The Morgan fingerprint density at radius 1 is 1.00 bits per heavy atom. The summed E-state index contributed by atoms with van der Waals surface area (Å²) in [7, 11) is 0. The Morgan fingerprint density at radius 2 is 1.67 bits per heavy atom. The summed E-state index contributed by atoms with van der Waals surface area (Å²) < 4.78 is 33.1. The van der Waals surface area contributed by atoms with Gasteiger partial charge in [-0.25, -0.2) is 14.2 Å². The summed E-state index contributed by atoms with van der Waals surface area (Å²) in [6, 6.07) is 10.5. The number of nitrogens with two attached hydrogens (primary N) is 1. The number of benzene rings is 2. The predicted octanol–water partition coefficient (Wildman–Crippen LogP) is 3.30. The van der Waals surface area contributed by atoms with Crippen molar-refractivity contribution in [2.45, 2.75) is 26.0 Å². The van der Waals surface area contributed by atoms with Gasteiger partial charge in [0.1, 0.15) is 5.75 Å². The van der Waals surface area contributed by atoms with E-state index in [0.29, 0.717) is 11.3 Å². The third-order valence-corrected chi connectivity index (χ3v) is 3.05. The molecule has 0 radical (unpaired) electrons. The van der Waals surface area contributed by atoms with Crippen molar-refractivity contribution < 1.29 is 13.5 Å². The number of hydrogen-bond acceptors (Lipinski definition) is 3. The number of halogens is 2. The fourth-order valence-electron chi connectivity index (χ4n) is 2.17. The second-order valence-electron chi connectivity index (χ2n) is 4.95. The van der Waals surface area contributed by atoms with Crippen molar-refractivity contribution in [3.63, 3.8) is 0 Å². The van der Waals surface area contributed by atoms with Crippen LogP contribution in [-0.4, -0.2) is 6.10 Å². The van der Waals surface area contributed by atoms with Gasteiger partial charge in [-0.15, -0.1) is 0 Å². The highest BCUT2D eigenvalue weighted by Crippen LogP contribution is 2.31. The van der Waals surface area contributed by atoms with Crippen LogP contribution in [0.15, 0.2) is 42.5 Å². The molecule has 0 bridgehead atoms. The van der Waals surface area contributed by atoms with Gasteiger partial charge < -0.3 is 4.74 Å². The van der Waals surface area contributed by atoms with E-state index in [-0.39, 0.29) is 11.7 Å². The lowest BCUT2D eigenvalue weighted by atomic mass is 9.97. The van der Waals surface area contributed by atoms with E-state index in [1.807, 2.05) is 19.9 Å². The highest BCUT2D eigenvalue weighted by Gasteiger charge is 2.22. The largest absolute Gasteiger partial charge is 0.491 e. The average molecular weight is 292 g/mol. The number of ether oxygens (including phenoxy) is 1. The van der Waals surface area contributed by atoms with Gasteiger partial charge >= 0.3 is 0 Å². The highest BCUT2D eigenvalue weighted by atomic mass is 19.2. The molecule has 3 N–H and O–H groups in total. The smallest absolute Gasteiger partial charge is 0.163 e. The summed E-state index contributed by atoms with van der Waals surface area (Å²) in [6.07, 6.45) is -0.0399. The molecule has 1 unspecified atom stereocenters. The lowest BCUT2D eigenvalue weighted by Gasteiger charge is -2.22. The summed E-state index contributed by atoms with van der Waals surface area (Å²) in [5, 5.41) is 0. The minimum absolute atomic E-state index is 0.0399. The molecule has 2 aromatic rings. The van der Waals surface area contributed by atoms with E-state index in [1.165, 1.54) is 12.1 Å². The number of hydrogen-bond donors (Lipinski definition) is 2. The molecule has 0 aromatic heterocycles. The molecule has 0 heterocycles. The first-order valence-electron chi connectivity index (χ1n) is 6.70. The Morgan fingerprint density at radius 3 is 2.33 bits per heavy atom. The van der Waals surface area contributed by atoms with Crippen LogP contribution in [-0.2, 0) is 0 Å². The lowest BCUT2D eigenvalue weighted by molar-refractivity contribution is 0.238. The molecule has 0 spiro atoms. The molecule has 0 saturated carbocycles. The second kappa shape index (κ2) is 6.65. The van der Waals surface area contributed by atoms with Gasteiger partial charge in [0, 0.05) is 11.1 Å². The molecule has 0 aliphatic carbocycles. The van der Waals surface area contributed by atoms with E-state index in [0.717, 1.165) is 6.07 Å². The van der Waals surface area contributed by atoms with Crippen LogP contribution in [0.25, 0.3) is 0 Å². The molecule has 0 aliphatic heterocycles. The molecule has 21 heavy (non-hydrogen) atoms. The fourth-order valence-corrected chi connectivity index (χ4v) is 2.17. The Kier molecular flexibility index (Phi) is 4.88. The molecule has 0 fully saturated rings. The summed E-state index contributed by atoms with van der Waals surface area (Å²) in [4.78, 5) is 0. The molecule has 2 aromatic carbocycles. The Labute approximate surface area is 122 Å². The van der Waals surface area contributed by atoms with Gasteiger partial charge in [0.25, 0.3) is 0 Å². The minimum atomic E-state index is -0.917. The van der Waals surface area contributed by atoms with E-state index in [2.05, 4.69) is 5.43 Å². The van der Waals surface area contributed by atoms with E-state index in [1.54, 1.807) is 18.2 Å². The normalized spacial score (nSPS) is 12.5. The second-order valence-corrected chi connectivity index (χ2v) is 4.95. The van der Waals surface area contributed by atoms with E-state index >= 15 is 0 Å². The van der Waals surface area contributed by atoms with Gasteiger partial charge in [-0.2, -0.15) is 0 Å². The number of nitrogens with one attached hydrogen (secondary N) is 1. The van der Waals surface area contributed by atoms with Gasteiger partial charge in [-0.3, -0.25) is 5.84 Å². The monoisotopic (exact) mass is 292 g/mol. The van der Waals surface area contributed by atoms with Crippen molar-refractivity contribution in [3.05, 3.63) is 65.2 Å². The first-order valence-corrected chi connectivity index (χ1v) is 6.70. The highest BCUT2D eigenvalue weighted by molar-refractivity contribution is 5.42. The molecule has 0 aliphatic rings. The zero-order valence-electron chi connectivity index (χ0n) is 11.9. The first-order chi connectivity index (χ1) is 10.0. The average Bonchev–Trinajstić information content (AvgIpc) is 2.45. The van der Waals surface area contributed by atoms with Crippen LogP contribution in [0, 0.1) is 11.6 Å².